The Kier molecular flexibility index (Phi) is 4.60. The molecular formula is C17H19N5O2. The fraction of sp³-hybridized carbons (Fsp3) is 0.235. The number of aryl methyl sites for hydroxylation is 1. The third-order valence-electron chi connectivity index (χ3n) is 3.48. The molecule has 0 unspecified atom stereocenters. The fourth-order valence-corrected chi connectivity index (χ4v) is 2.26. The summed E-state index contributed by atoms with van der Waals surface area (Å²) in [6.45, 7) is 0.689. The molecule has 0 saturated carbocycles. The molecule has 24 heavy (non-hydrogen) atoms. The highest BCUT2D eigenvalue weighted by molar-refractivity contribution is 5.91. The van der Waals surface area contributed by atoms with E-state index in [1.807, 2.05) is 49.6 Å². The summed E-state index contributed by atoms with van der Waals surface area (Å²) in [6, 6.07) is 13.0. The van der Waals surface area contributed by atoms with Crippen molar-refractivity contribution < 1.29 is 9.53 Å². The summed E-state index contributed by atoms with van der Waals surface area (Å²) in [5.41, 5.74) is 1.21. The van der Waals surface area contributed by atoms with E-state index < -0.39 is 0 Å². The van der Waals surface area contributed by atoms with Gasteiger partial charge in [-0.25, -0.2) is 4.68 Å². The molecular weight excluding hydrogens is 306 g/mol. The van der Waals surface area contributed by atoms with Gasteiger partial charge in [-0.05, 0) is 24.3 Å². The predicted molar refractivity (Wildman–Crippen MR) is 88.3 cm³/mol. The van der Waals surface area contributed by atoms with Crippen LogP contribution >= 0.6 is 0 Å². The maximum absolute atomic E-state index is 12.4. The van der Waals surface area contributed by atoms with E-state index in [4.69, 9.17) is 4.74 Å². The van der Waals surface area contributed by atoms with E-state index >= 15 is 0 Å². The quantitative estimate of drug-likeness (QED) is 0.694. The Bertz CT molecular complexity index is 809. The van der Waals surface area contributed by atoms with Crippen molar-refractivity contribution in [3.63, 3.8) is 0 Å². The Morgan fingerprint density at radius 2 is 1.92 bits per heavy atom. The summed E-state index contributed by atoms with van der Waals surface area (Å²) in [7, 11) is 3.58. The van der Waals surface area contributed by atoms with Gasteiger partial charge in [0.15, 0.2) is 12.4 Å². The predicted octanol–water partition coefficient (Wildman–Crippen LogP) is 1.93. The number of hydrogen-bond acceptors (Lipinski definition) is 4. The lowest BCUT2D eigenvalue weighted by Gasteiger charge is -2.14. The highest BCUT2D eigenvalue weighted by Crippen LogP contribution is 2.10. The van der Waals surface area contributed by atoms with Gasteiger partial charge in [0.2, 0.25) is 0 Å². The zero-order chi connectivity index (χ0) is 16.9. The average molecular weight is 325 g/mol. The Hall–Kier alpha value is -3.09. The van der Waals surface area contributed by atoms with Crippen LogP contribution in [0, 0.1) is 0 Å². The van der Waals surface area contributed by atoms with Crippen molar-refractivity contribution in [2.24, 2.45) is 7.05 Å². The second-order valence-corrected chi connectivity index (χ2v) is 5.47. The van der Waals surface area contributed by atoms with E-state index in [1.54, 1.807) is 33.6 Å². The third-order valence-corrected chi connectivity index (χ3v) is 3.48. The van der Waals surface area contributed by atoms with Gasteiger partial charge in [-0.15, -0.1) is 0 Å². The molecule has 3 aromatic rings. The lowest BCUT2D eigenvalue weighted by atomic mass is 10.3. The minimum absolute atomic E-state index is 0.154. The average Bonchev–Trinajstić information content (AvgIpc) is 3.22. The summed E-state index contributed by atoms with van der Waals surface area (Å²) < 4.78 is 8.91. The molecule has 7 heteroatoms. The number of carbonyl (C=O) groups excluding carboxylic acids is 1. The zero-order valence-electron chi connectivity index (χ0n) is 13.7. The maximum Gasteiger partial charge on any atom is 0.274 e. The van der Waals surface area contributed by atoms with Crippen molar-refractivity contribution in [3.05, 3.63) is 66.2 Å². The van der Waals surface area contributed by atoms with Gasteiger partial charge in [0, 0.05) is 26.5 Å². The molecule has 1 amide bonds. The zero-order valence-corrected chi connectivity index (χ0v) is 13.7. The van der Waals surface area contributed by atoms with Gasteiger partial charge in [-0.3, -0.25) is 9.48 Å². The van der Waals surface area contributed by atoms with E-state index in [0.29, 0.717) is 12.2 Å². The first kappa shape index (κ1) is 15.8. The smallest absolute Gasteiger partial charge is 0.274 e. The van der Waals surface area contributed by atoms with Crippen LogP contribution in [0.5, 0.6) is 5.75 Å². The Morgan fingerprint density at radius 1 is 1.12 bits per heavy atom. The molecule has 7 nitrogen and oxygen atoms in total. The van der Waals surface area contributed by atoms with Crippen molar-refractivity contribution in [1.29, 1.82) is 0 Å². The molecule has 0 fully saturated rings. The number of para-hydroxylation sites is 1. The van der Waals surface area contributed by atoms with Crippen molar-refractivity contribution >= 4 is 5.91 Å². The Morgan fingerprint density at radius 3 is 2.62 bits per heavy atom. The van der Waals surface area contributed by atoms with Gasteiger partial charge in [0.1, 0.15) is 5.75 Å². The first-order valence-corrected chi connectivity index (χ1v) is 7.57. The monoisotopic (exact) mass is 325 g/mol. The molecule has 124 valence electrons. The van der Waals surface area contributed by atoms with E-state index in [0.717, 1.165) is 11.4 Å². The lowest BCUT2D eigenvalue weighted by Crippen LogP contribution is -2.27. The van der Waals surface area contributed by atoms with Crippen molar-refractivity contribution in [2.45, 2.75) is 13.3 Å². The van der Waals surface area contributed by atoms with E-state index in [1.165, 1.54) is 0 Å². The molecule has 0 spiro atoms. The summed E-state index contributed by atoms with van der Waals surface area (Å²) in [6.07, 6.45) is 3.58. The Labute approximate surface area is 140 Å². The van der Waals surface area contributed by atoms with Crippen LogP contribution in [-0.2, 0) is 20.3 Å². The number of carbonyl (C=O) groups is 1. The lowest BCUT2D eigenvalue weighted by molar-refractivity contribution is 0.0775. The molecule has 2 aromatic heterocycles. The number of hydrogen-bond donors (Lipinski definition) is 0. The number of rotatable bonds is 6. The molecule has 0 bridgehead atoms. The van der Waals surface area contributed by atoms with Gasteiger partial charge in [0.05, 0.1) is 12.2 Å². The SMILES string of the molecule is CN(Cc1ccn(C)n1)C(=O)c1ccn(COc2ccccc2)n1. The molecule has 0 aliphatic rings. The largest absolute Gasteiger partial charge is 0.471 e. The number of benzene rings is 1. The number of aromatic nitrogens is 4. The molecule has 3 rings (SSSR count). The summed E-state index contributed by atoms with van der Waals surface area (Å²) >= 11 is 0. The molecule has 0 radical (unpaired) electrons. The molecule has 0 N–H and O–H groups in total. The Balaban J connectivity index is 1.58. The van der Waals surface area contributed by atoms with E-state index in [-0.39, 0.29) is 12.6 Å². The molecule has 0 aliphatic heterocycles. The van der Waals surface area contributed by atoms with Gasteiger partial charge >= 0.3 is 0 Å². The normalized spacial score (nSPS) is 10.6. The van der Waals surface area contributed by atoms with E-state index in [9.17, 15) is 4.79 Å². The maximum atomic E-state index is 12.4. The van der Waals surface area contributed by atoms with Crippen LogP contribution in [0.2, 0.25) is 0 Å². The standard InChI is InChI=1S/C17H19N5O2/c1-20(12-14-8-10-21(2)18-14)17(23)16-9-11-22(19-16)13-24-15-6-4-3-5-7-15/h3-11H,12-13H2,1-2H3. The minimum atomic E-state index is -0.154. The molecule has 0 atom stereocenters. The summed E-state index contributed by atoms with van der Waals surface area (Å²) in [5, 5.41) is 8.54. The number of nitrogens with zero attached hydrogens (tertiary/aromatic N) is 5. The van der Waals surface area contributed by atoms with Crippen molar-refractivity contribution in [1.82, 2.24) is 24.5 Å². The molecule has 0 saturated heterocycles. The topological polar surface area (TPSA) is 65.2 Å². The molecule has 2 heterocycles. The first-order chi connectivity index (χ1) is 11.6. The van der Waals surface area contributed by atoms with Crippen molar-refractivity contribution in [3.8, 4) is 5.75 Å². The number of ether oxygens (including phenoxy) is 1. The van der Waals surface area contributed by atoms with Crippen LogP contribution in [0.15, 0.2) is 54.9 Å². The molecule has 1 aromatic carbocycles. The van der Waals surface area contributed by atoms with Crippen LogP contribution in [0.4, 0.5) is 0 Å². The van der Waals surface area contributed by atoms with E-state index in [2.05, 4.69) is 10.2 Å². The fourth-order valence-electron chi connectivity index (χ4n) is 2.26. The third kappa shape index (κ3) is 3.81. The van der Waals surface area contributed by atoms with Gasteiger partial charge in [0.25, 0.3) is 5.91 Å². The highest BCUT2D eigenvalue weighted by atomic mass is 16.5. The van der Waals surface area contributed by atoms with Crippen LogP contribution in [0.3, 0.4) is 0 Å². The molecule has 0 aliphatic carbocycles. The summed E-state index contributed by atoms with van der Waals surface area (Å²) in [4.78, 5) is 14.0. The highest BCUT2D eigenvalue weighted by Gasteiger charge is 2.16. The van der Waals surface area contributed by atoms with Gasteiger partial charge in [-0.2, -0.15) is 10.2 Å². The number of amides is 1. The second kappa shape index (κ2) is 6.99. The minimum Gasteiger partial charge on any atom is -0.471 e. The van der Waals surface area contributed by atoms with Crippen LogP contribution in [0.1, 0.15) is 16.2 Å². The van der Waals surface area contributed by atoms with Gasteiger partial charge in [-0.1, -0.05) is 18.2 Å². The van der Waals surface area contributed by atoms with Crippen LogP contribution in [0.25, 0.3) is 0 Å². The first-order valence-electron chi connectivity index (χ1n) is 7.57. The van der Waals surface area contributed by atoms with Crippen LogP contribution < -0.4 is 4.74 Å². The second-order valence-electron chi connectivity index (χ2n) is 5.47. The van der Waals surface area contributed by atoms with Crippen molar-refractivity contribution in [2.75, 3.05) is 7.05 Å². The van der Waals surface area contributed by atoms with Crippen LogP contribution in [-0.4, -0.2) is 37.4 Å². The van der Waals surface area contributed by atoms with Gasteiger partial charge < -0.3 is 9.64 Å². The summed E-state index contributed by atoms with van der Waals surface area (Å²) in [5.74, 6) is 0.604.